The first-order chi connectivity index (χ1) is 8.25. The molecule has 1 saturated heterocycles. The molecule has 0 spiro atoms. The Morgan fingerprint density at radius 2 is 2.06 bits per heavy atom. The summed E-state index contributed by atoms with van der Waals surface area (Å²) in [5, 5.41) is 7.67. The fraction of sp³-hybridized carbons (Fsp3) is 0.250. The number of nitrogens with zero attached hydrogens (tertiary/aromatic N) is 2. The Kier molecular flexibility index (Phi) is 3.49. The molecule has 0 atom stereocenters. The van der Waals surface area contributed by atoms with Crippen molar-refractivity contribution in [3.63, 3.8) is 0 Å². The van der Waals surface area contributed by atoms with Gasteiger partial charge in [0.25, 0.3) is 5.91 Å². The zero-order chi connectivity index (χ0) is 12.1. The Morgan fingerprint density at radius 3 is 2.82 bits per heavy atom. The van der Waals surface area contributed by atoms with Gasteiger partial charge in [0, 0.05) is 12.6 Å². The largest absolute Gasteiger partial charge is 0.345 e. The van der Waals surface area contributed by atoms with Crippen molar-refractivity contribution in [3.8, 4) is 0 Å². The van der Waals surface area contributed by atoms with Gasteiger partial charge in [-0.05, 0) is 5.56 Å². The van der Waals surface area contributed by atoms with E-state index in [1.165, 1.54) is 5.01 Å². The summed E-state index contributed by atoms with van der Waals surface area (Å²) >= 11 is 0. The lowest BCUT2D eigenvalue weighted by atomic mass is 10.2. The molecule has 0 saturated carbocycles. The highest BCUT2D eigenvalue weighted by atomic mass is 16.2. The van der Waals surface area contributed by atoms with Gasteiger partial charge in [-0.3, -0.25) is 9.59 Å². The lowest BCUT2D eigenvalue weighted by Gasteiger charge is -2.21. The summed E-state index contributed by atoms with van der Waals surface area (Å²) in [5.74, 6) is -0.365. The molecule has 1 N–H and O–H groups in total. The highest BCUT2D eigenvalue weighted by molar-refractivity contribution is 5.92. The Bertz CT molecular complexity index is 442. The number of nitrogens with one attached hydrogen (secondary N) is 1. The van der Waals surface area contributed by atoms with Crippen LogP contribution in [0.25, 0.3) is 0 Å². The van der Waals surface area contributed by atoms with Crippen molar-refractivity contribution >= 4 is 18.0 Å². The van der Waals surface area contributed by atoms with Crippen LogP contribution in [-0.4, -0.2) is 36.1 Å². The van der Waals surface area contributed by atoms with Gasteiger partial charge in [-0.1, -0.05) is 30.3 Å². The monoisotopic (exact) mass is 231 g/mol. The maximum atomic E-state index is 11.4. The standard InChI is InChI=1S/C12H13N3O2/c16-11-9-15(12(17)8-13-11)14-7-6-10-4-2-1-3-5-10/h1-5,7H,6,8-9H2,(H,13,16). The summed E-state index contributed by atoms with van der Waals surface area (Å²) < 4.78 is 0. The summed E-state index contributed by atoms with van der Waals surface area (Å²) in [6.45, 7) is 0.0334. The van der Waals surface area contributed by atoms with Gasteiger partial charge in [-0.25, -0.2) is 5.01 Å². The summed E-state index contributed by atoms with van der Waals surface area (Å²) in [4.78, 5) is 22.5. The SMILES string of the molecule is O=C1CN(N=CCc2ccccc2)C(=O)CN1. The molecule has 0 aromatic heterocycles. The minimum Gasteiger partial charge on any atom is -0.345 e. The summed E-state index contributed by atoms with van der Waals surface area (Å²) in [5.41, 5.74) is 1.12. The summed E-state index contributed by atoms with van der Waals surface area (Å²) in [6.07, 6.45) is 2.29. The number of piperazine rings is 1. The van der Waals surface area contributed by atoms with Gasteiger partial charge in [0.05, 0.1) is 6.54 Å². The van der Waals surface area contributed by atoms with Crippen molar-refractivity contribution in [3.05, 3.63) is 35.9 Å². The third kappa shape index (κ3) is 3.14. The fourth-order valence-electron chi connectivity index (χ4n) is 1.51. The minimum absolute atomic E-state index is 0.00409. The average Bonchev–Trinajstić information content (AvgIpc) is 2.35. The van der Waals surface area contributed by atoms with E-state index in [1.54, 1.807) is 6.21 Å². The maximum absolute atomic E-state index is 11.4. The third-order valence-electron chi connectivity index (χ3n) is 2.41. The van der Waals surface area contributed by atoms with E-state index in [1.807, 2.05) is 30.3 Å². The molecule has 1 aromatic rings. The number of carbonyl (C=O) groups excluding carboxylic acids is 2. The first-order valence-corrected chi connectivity index (χ1v) is 5.39. The topological polar surface area (TPSA) is 61.8 Å². The van der Waals surface area contributed by atoms with Crippen molar-refractivity contribution in [1.82, 2.24) is 10.3 Å². The molecule has 1 aliphatic heterocycles. The first-order valence-electron chi connectivity index (χ1n) is 5.39. The summed E-state index contributed by atoms with van der Waals surface area (Å²) in [6, 6.07) is 9.80. The number of carbonyl (C=O) groups is 2. The van der Waals surface area contributed by atoms with Crippen LogP contribution in [0.5, 0.6) is 0 Å². The van der Waals surface area contributed by atoms with E-state index in [0.717, 1.165) is 5.56 Å². The number of hydrogen-bond donors (Lipinski definition) is 1. The van der Waals surface area contributed by atoms with Crippen molar-refractivity contribution < 1.29 is 9.59 Å². The van der Waals surface area contributed by atoms with E-state index in [2.05, 4.69) is 10.4 Å². The molecule has 0 aliphatic carbocycles. The molecule has 5 heteroatoms. The number of hydrazone groups is 1. The van der Waals surface area contributed by atoms with Crippen LogP contribution in [-0.2, 0) is 16.0 Å². The van der Waals surface area contributed by atoms with Gasteiger partial charge in [0.1, 0.15) is 6.54 Å². The van der Waals surface area contributed by atoms with Gasteiger partial charge >= 0.3 is 0 Å². The minimum atomic E-state index is -0.186. The molecular formula is C12H13N3O2. The Morgan fingerprint density at radius 1 is 1.29 bits per heavy atom. The fourth-order valence-corrected chi connectivity index (χ4v) is 1.51. The third-order valence-corrected chi connectivity index (χ3v) is 2.41. The molecule has 5 nitrogen and oxygen atoms in total. The zero-order valence-electron chi connectivity index (χ0n) is 9.30. The number of hydrogen-bond acceptors (Lipinski definition) is 3. The number of rotatable bonds is 3. The second-order valence-corrected chi connectivity index (χ2v) is 3.72. The van der Waals surface area contributed by atoms with E-state index in [9.17, 15) is 9.59 Å². The molecule has 2 rings (SSSR count). The van der Waals surface area contributed by atoms with Crippen molar-refractivity contribution in [1.29, 1.82) is 0 Å². The molecule has 17 heavy (non-hydrogen) atoms. The molecule has 88 valence electrons. The predicted octanol–water partition coefficient (Wildman–Crippen LogP) is 0.173. The Labute approximate surface area is 99.1 Å². The van der Waals surface area contributed by atoms with Crippen LogP contribution in [0.3, 0.4) is 0 Å². The van der Waals surface area contributed by atoms with Crippen LogP contribution < -0.4 is 5.32 Å². The van der Waals surface area contributed by atoms with Crippen LogP contribution in [0.2, 0.25) is 0 Å². The van der Waals surface area contributed by atoms with Crippen molar-refractivity contribution in [2.24, 2.45) is 5.10 Å². The molecule has 2 amide bonds. The van der Waals surface area contributed by atoms with Crippen LogP contribution in [0.1, 0.15) is 5.56 Å². The Hall–Kier alpha value is -2.17. The quantitative estimate of drug-likeness (QED) is 0.754. The first kappa shape index (κ1) is 11.3. The van der Waals surface area contributed by atoms with Crippen LogP contribution in [0.15, 0.2) is 35.4 Å². The van der Waals surface area contributed by atoms with E-state index in [4.69, 9.17) is 0 Å². The summed E-state index contributed by atoms with van der Waals surface area (Å²) in [7, 11) is 0. The lowest BCUT2D eigenvalue weighted by Crippen LogP contribution is -2.49. The molecular weight excluding hydrogens is 218 g/mol. The maximum Gasteiger partial charge on any atom is 0.262 e. The molecule has 1 aliphatic rings. The highest BCUT2D eigenvalue weighted by Crippen LogP contribution is 1.99. The van der Waals surface area contributed by atoms with Crippen LogP contribution in [0.4, 0.5) is 0 Å². The van der Waals surface area contributed by atoms with E-state index >= 15 is 0 Å². The van der Waals surface area contributed by atoms with Crippen molar-refractivity contribution in [2.45, 2.75) is 6.42 Å². The van der Waals surface area contributed by atoms with Crippen LogP contribution >= 0.6 is 0 Å². The number of amides is 2. The second-order valence-electron chi connectivity index (χ2n) is 3.72. The van der Waals surface area contributed by atoms with Gasteiger partial charge in [0.15, 0.2) is 0 Å². The van der Waals surface area contributed by atoms with Crippen LogP contribution in [0, 0.1) is 0 Å². The highest BCUT2D eigenvalue weighted by Gasteiger charge is 2.21. The molecule has 1 heterocycles. The van der Waals surface area contributed by atoms with Gasteiger partial charge in [0.2, 0.25) is 5.91 Å². The van der Waals surface area contributed by atoms with E-state index in [0.29, 0.717) is 6.42 Å². The second kappa shape index (κ2) is 5.25. The van der Waals surface area contributed by atoms with E-state index in [-0.39, 0.29) is 24.9 Å². The van der Waals surface area contributed by atoms with Gasteiger partial charge in [-0.15, -0.1) is 0 Å². The molecule has 1 aromatic carbocycles. The van der Waals surface area contributed by atoms with E-state index < -0.39 is 0 Å². The lowest BCUT2D eigenvalue weighted by molar-refractivity contribution is -0.140. The van der Waals surface area contributed by atoms with Gasteiger partial charge in [-0.2, -0.15) is 5.10 Å². The smallest absolute Gasteiger partial charge is 0.262 e. The average molecular weight is 231 g/mol. The Balaban J connectivity index is 1.92. The molecule has 0 radical (unpaired) electrons. The van der Waals surface area contributed by atoms with Crippen molar-refractivity contribution in [2.75, 3.05) is 13.1 Å². The van der Waals surface area contributed by atoms with Gasteiger partial charge < -0.3 is 5.32 Å². The zero-order valence-corrected chi connectivity index (χ0v) is 9.30. The molecule has 0 unspecified atom stereocenters. The normalized spacial score (nSPS) is 16.4. The predicted molar refractivity (Wildman–Crippen MR) is 63.4 cm³/mol. The number of benzene rings is 1. The molecule has 1 fully saturated rings. The molecule has 0 bridgehead atoms.